The van der Waals surface area contributed by atoms with E-state index in [2.05, 4.69) is 20.7 Å². The summed E-state index contributed by atoms with van der Waals surface area (Å²) in [6.07, 6.45) is -0.704. The minimum Gasteiger partial charge on any atom is -0.481 e. The van der Waals surface area contributed by atoms with Crippen LogP contribution in [0.15, 0.2) is 41.5 Å². The van der Waals surface area contributed by atoms with E-state index in [0.29, 0.717) is 0 Å². The number of carbonyl (C=O) groups is 4. The van der Waals surface area contributed by atoms with E-state index in [9.17, 15) is 23.6 Å². The molecule has 2 atom stereocenters. The van der Waals surface area contributed by atoms with Gasteiger partial charge < -0.3 is 20.6 Å². The maximum atomic E-state index is 14.5. The maximum absolute atomic E-state index is 14.5. The van der Waals surface area contributed by atoms with Crippen LogP contribution in [0, 0.1) is 5.82 Å². The summed E-state index contributed by atoms with van der Waals surface area (Å²) in [4.78, 5) is 54.2. The molecule has 0 radical (unpaired) electrons. The predicted molar refractivity (Wildman–Crippen MR) is 137 cm³/mol. The van der Waals surface area contributed by atoms with E-state index in [-0.39, 0.29) is 43.1 Å². The molecule has 0 spiro atoms. The molecule has 1 aliphatic heterocycles. The van der Waals surface area contributed by atoms with Gasteiger partial charge in [-0.3, -0.25) is 19.2 Å². The number of nitrogens with one attached hydrogen (secondary N) is 2. The number of benzene rings is 2. The quantitative estimate of drug-likeness (QED) is 0.171. The van der Waals surface area contributed by atoms with Crippen molar-refractivity contribution in [2.45, 2.75) is 44.3 Å². The summed E-state index contributed by atoms with van der Waals surface area (Å²) in [5.41, 5.74) is 9.98. The smallest absolute Gasteiger partial charge is 0.303 e. The number of aliphatic carboxylic acids is 1. The van der Waals surface area contributed by atoms with Crippen molar-refractivity contribution in [1.82, 2.24) is 10.2 Å². The fourth-order valence-corrected chi connectivity index (χ4v) is 4.30. The van der Waals surface area contributed by atoms with Crippen LogP contribution in [-0.2, 0) is 32.1 Å². The van der Waals surface area contributed by atoms with Gasteiger partial charge in [-0.1, -0.05) is 52.6 Å². The molecule has 2 aromatic rings. The number of azide groups is 1. The molecule has 3 N–H and O–H groups in total. The summed E-state index contributed by atoms with van der Waals surface area (Å²) in [6, 6.07) is 7.38. The van der Waals surface area contributed by atoms with Gasteiger partial charge in [0.25, 0.3) is 0 Å². The van der Waals surface area contributed by atoms with Crippen molar-refractivity contribution in [3.63, 3.8) is 0 Å². The molecular weight excluding hydrogens is 542 g/mol. The van der Waals surface area contributed by atoms with Crippen LogP contribution in [0.5, 0.6) is 0 Å². The number of fused-ring (bicyclic) bond motifs is 1. The number of carboxylic acid groups (broad SMARTS) is 1. The fraction of sp³-hybridized carbons (Fsp3) is 0.333. The third-order valence-corrected chi connectivity index (χ3v) is 6.71. The Hall–Kier alpha value is -3.86. The van der Waals surface area contributed by atoms with Gasteiger partial charge in [0.1, 0.15) is 12.1 Å². The molecule has 0 aliphatic carbocycles. The van der Waals surface area contributed by atoms with Crippen LogP contribution in [0.4, 0.5) is 10.1 Å². The van der Waals surface area contributed by atoms with Crippen molar-refractivity contribution < 1.29 is 28.7 Å². The average molecular weight is 565 g/mol. The van der Waals surface area contributed by atoms with Gasteiger partial charge in [0, 0.05) is 30.8 Å². The highest BCUT2D eigenvalue weighted by molar-refractivity contribution is 6.42. The first kappa shape index (κ1) is 28.7. The van der Waals surface area contributed by atoms with Crippen molar-refractivity contribution in [3.05, 3.63) is 73.8 Å². The lowest BCUT2D eigenvalue weighted by Gasteiger charge is -2.36. The zero-order valence-corrected chi connectivity index (χ0v) is 21.4. The molecule has 1 aliphatic rings. The second-order valence-corrected chi connectivity index (χ2v) is 9.21. The van der Waals surface area contributed by atoms with Crippen LogP contribution < -0.4 is 10.6 Å². The van der Waals surface area contributed by atoms with Crippen LogP contribution >= 0.6 is 23.2 Å². The second kappa shape index (κ2) is 13.1. The number of hydrogen-bond acceptors (Lipinski definition) is 5. The van der Waals surface area contributed by atoms with E-state index in [1.54, 1.807) is 12.1 Å². The lowest BCUT2D eigenvalue weighted by atomic mass is 9.92. The maximum Gasteiger partial charge on any atom is 0.303 e. The van der Waals surface area contributed by atoms with Gasteiger partial charge in [-0.15, -0.1) is 0 Å². The number of carbonyl (C=O) groups excluding carboxylic acids is 3. The topological polar surface area (TPSA) is 165 Å². The van der Waals surface area contributed by atoms with Crippen LogP contribution in [0.2, 0.25) is 10.0 Å². The summed E-state index contributed by atoms with van der Waals surface area (Å²) >= 11 is 11.6. The molecule has 1 heterocycles. The lowest BCUT2D eigenvalue weighted by Crippen LogP contribution is -2.56. The van der Waals surface area contributed by atoms with E-state index < -0.39 is 53.0 Å². The van der Waals surface area contributed by atoms with Gasteiger partial charge >= 0.3 is 5.97 Å². The molecule has 0 aromatic heterocycles. The largest absolute Gasteiger partial charge is 0.481 e. The number of hydrogen-bond donors (Lipinski definition) is 3. The Kier molecular flexibility index (Phi) is 9.89. The summed E-state index contributed by atoms with van der Waals surface area (Å²) in [5, 5.41) is 16.8. The molecule has 200 valence electrons. The SMILES string of the molecule is [N-]=[N+]=NCCC(NC(=O)[C@@H]1Cc2ccccc2CN1C(=O)CCC(=O)O)C(=O)Nc1ccc(Cl)c(Cl)c1F. The molecule has 0 fully saturated rings. The molecule has 14 heteroatoms. The Morgan fingerprint density at radius 3 is 2.55 bits per heavy atom. The standard InChI is InChI=1S/C24H23Cl2FN6O5/c25-15-5-6-16(22(27)21(15)26)30-23(37)17(9-10-29-32-28)31-24(38)18-11-13-3-1-2-4-14(13)12-33(18)19(34)7-8-20(35)36/h1-6,17-18H,7-12H2,(H,30,37)(H,31,38)(H,35,36)/t17?,18-/m0/s1. The normalized spacial score (nSPS) is 15.0. The van der Waals surface area contributed by atoms with Gasteiger partial charge in [-0.2, -0.15) is 0 Å². The molecule has 0 saturated heterocycles. The predicted octanol–water partition coefficient (Wildman–Crippen LogP) is 4.07. The van der Waals surface area contributed by atoms with Crippen LogP contribution in [0.25, 0.3) is 10.4 Å². The zero-order chi connectivity index (χ0) is 27.8. The molecule has 0 bridgehead atoms. The molecule has 3 rings (SSSR count). The Morgan fingerprint density at radius 1 is 1.16 bits per heavy atom. The van der Waals surface area contributed by atoms with Crippen LogP contribution in [0.1, 0.15) is 30.4 Å². The van der Waals surface area contributed by atoms with Gasteiger partial charge in [0.05, 0.1) is 22.2 Å². The molecule has 3 amide bonds. The van der Waals surface area contributed by atoms with Gasteiger partial charge in [0.15, 0.2) is 5.82 Å². The minimum absolute atomic E-state index is 0.0550. The van der Waals surface area contributed by atoms with E-state index >= 15 is 0 Å². The van der Waals surface area contributed by atoms with Gasteiger partial charge in [0.2, 0.25) is 17.7 Å². The Balaban J connectivity index is 1.84. The van der Waals surface area contributed by atoms with Gasteiger partial charge in [-0.25, -0.2) is 4.39 Å². The van der Waals surface area contributed by atoms with E-state index in [0.717, 1.165) is 11.1 Å². The first-order valence-corrected chi connectivity index (χ1v) is 12.2. The molecule has 38 heavy (non-hydrogen) atoms. The van der Waals surface area contributed by atoms with Crippen molar-refractivity contribution in [2.75, 3.05) is 11.9 Å². The second-order valence-electron chi connectivity index (χ2n) is 8.42. The highest BCUT2D eigenvalue weighted by atomic mass is 35.5. The number of nitrogens with zero attached hydrogens (tertiary/aromatic N) is 4. The first-order chi connectivity index (χ1) is 18.1. The number of carboxylic acids is 1. The van der Waals surface area contributed by atoms with Crippen molar-refractivity contribution >= 4 is 52.6 Å². The first-order valence-electron chi connectivity index (χ1n) is 11.5. The average Bonchev–Trinajstić information content (AvgIpc) is 2.90. The fourth-order valence-electron chi connectivity index (χ4n) is 3.99. The molecule has 1 unspecified atom stereocenters. The number of rotatable bonds is 10. The summed E-state index contributed by atoms with van der Waals surface area (Å²) < 4.78 is 14.5. The summed E-state index contributed by atoms with van der Waals surface area (Å²) in [5.74, 6) is -4.15. The summed E-state index contributed by atoms with van der Waals surface area (Å²) in [6.45, 7) is -0.0791. The number of amides is 3. The molecule has 11 nitrogen and oxygen atoms in total. The third-order valence-electron chi connectivity index (χ3n) is 5.93. The Labute approximate surface area is 226 Å². The monoisotopic (exact) mass is 564 g/mol. The highest BCUT2D eigenvalue weighted by Gasteiger charge is 2.36. The molecular formula is C24H23Cl2FN6O5. The van der Waals surface area contributed by atoms with E-state index in [1.165, 1.54) is 17.0 Å². The van der Waals surface area contributed by atoms with Gasteiger partial charge in [-0.05, 0) is 35.2 Å². The number of anilines is 1. The molecule has 0 saturated carbocycles. The van der Waals surface area contributed by atoms with Crippen molar-refractivity contribution in [3.8, 4) is 0 Å². The van der Waals surface area contributed by atoms with Crippen molar-refractivity contribution in [1.29, 1.82) is 0 Å². The third kappa shape index (κ3) is 7.12. The lowest BCUT2D eigenvalue weighted by molar-refractivity contribution is -0.145. The number of halogens is 3. The summed E-state index contributed by atoms with van der Waals surface area (Å²) in [7, 11) is 0. The molecule has 2 aromatic carbocycles. The highest BCUT2D eigenvalue weighted by Crippen LogP contribution is 2.30. The minimum atomic E-state index is -1.27. The Morgan fingerprint density at radius 2 is 1.87 bits per heavy atom. The van der Waals surface area contributed by atoms with Crippen molar-refractivity contribution in [2.24, 2.45) is 5.11 Å². The van der Waals surface area contributed by atoms with E-state index in [4.69, 9.17) is 33.8 Å². The van der Waals surface area contributed by atoms with E-state index in [1.807, 2.05) is 12.1 Å². The van der Waals surface area contributed by atoms with Crippen LogP contribution in [-0.4, -0.2) is 52.3 Å². The zero-order valence-electron chi connectivity index (χ0n) is 19.9. The Bertz CT molecular complexity index is 1300. The van der Waals surface area contributed by atoms with Crippen LogP contribution in [0.3, 0.4) is 0 Å².